The van der Waals surface area contributed by atoms with E-state index < -0.39 is 6.10 Å². The van der Waals surface area contributed by atoms with Gasteiger partial charge in [0, 0.05) is 0 Å². The maximum atomic E-state index is 10.0. The molecule has 0 aliphatic heterocycles. The van der Waals surface area contributed by atoms with E-state index in [4.69, 9.17) is 9.47 Å². The predicted octanol–water partition coefficient (Wildman–Crippen LogP) is 3.18. The van der Waals surface area contributed by atoms with Crippen LogP contribution in [0.1, 0.15) is 38.9 Å². The van der Waals surface area contributed by atoms with E-state index in [0.717, 1.165) is 17.7 Å². The zero-order chi connectivity index (χ0) is 13.5. The van der Waals surface area contributed by atoms with Gasteiger partial charge >= 0.3 is 0 Å². The van der Waals surface area contributed by atoms with Crippen molar-refractivity contribution in [3.63, 3.8) is 0 Å². The van der Waals surface area contributed by atoms with Crippen molar-refractivity contribution < 1.29 is 14.6 Å². The molecule has 1 aromatic rings. The van der Waals surface area contributed by atoms with Crippen LogP contribution in [0.2, 0.25) is 0 Å². The summed E-state index contributed by atoms with van der Waals surface area (Å²) in [6, 6.07) is 7.44. The summed E-state index contributed by atoms with van der Waals surface area (Å²) in [4.78, 5) is 0. The van der Waals surface area contributed by atoms with Gasteiger partial charge in [0.1, 0.15) is 11.9 Å². The molecule has 2 unspecified atom stereocenters. The van der Waals surface area contributed by atoms with Crippen LogP contribution in [0, 0.1) is 5.92 Å². The van der Waals surface area contributed by atoms with Crippen LogP contribution in [0.5, 0.6) is 5.75 Å². The summed E-state index contributed by atoms with van der Waals surface area (Å²) in [5.74, 6) is 1.36. The number of aliphatic hydroxyl groups is 1. The number of benzene rings is 1. The lowest BCUT2D eigenvalue weighted by Crippen LogP contribution is -2.16. The van der Waals surface area contributed by atoms with Crippen molar-refractivity contribution in [1.82, 2.24) is 0 Å². The lowest BCUT2D eigenvalue weighted by molar-refractivity contribution is -0.0101. The molecule has 1 rings (SSSR count). The molecule has 2 atom stereocenters. The maximum absolute atomic E-state index is 10.0. The first-order valence-electron chi connectivity index (χ1n) is 6.46. The molecule has 3 nitrogen and oxygen atoms in total. The molecule has 1 aromatic carbocycles. The molecule has 0 aliphatic carbocycles. The highest BCUT2D eigenvalue weighted by Crippen LogP contribution is 2.20. The highest BCUT2D eigenvalue weighted by atomic mass is 16.5. The van der Waals surface area contributed by atoms with Crippen LogP contribution in [0.25, 0.3) is 0 Å². The van der Waals surface area contributed by atoms with Gasteiger partial charge in [-0.2, -0.15) is 0 Å². The summed E-state index contributed by atoms with van der Waals surface area (Å²) in [6.45, 7) is 6.69. The van der Waals surface area contributed by atoms with E-state index in [-0.39, 0.29) is 6.10 Å². The average molecular weight is 252 g/mol. The zero-order valence-electron chi connectivity index (χ0n) is 11.7. The third-order valence-corrected chi connectivity index (χ3v) is 2.82. The second kappa shape index (κ2) is 7.39. The Morgan fingerprint density at radius 1 is 1.22 bits per heavy atom. The Morgan fingerprint density at radius 3 is 2.56 bits per heavy atom. The molecule has 0 aromatic heterocycles. The lowest BCUT2D eigenvalue weighted by atomic mass is 10.1. The standard InChI is InChI=1S/C15H24O3/c1-11(2)8-12(3)18-10-15(16)13-6-5-7-14(9-13)17-4/h5-7,9,11-12,15-16H,8,10H2,1-4H3. The Kier molecular flexibility index (Phi) is 6.16. The third kappa shape index (κ3) is 5.07. The van der Waals surface area contributed by atoms with Crippen LogP contribution < -0.4 is 4.74 Å². The molecular formula is C15H24O3. The Balaban J connectivity index is 2.46. The molecule has 0 bridgehead atoms. The van der Waals surface area contributed by atoms with Gasteiger partial charge in [0.25, 0.3) is 0 Å². The molecule has 0 saturated heterocycles. The normalized spacial score (nSPS) is 14.6. The molecule has 0 radical (unpaired) electrons. The second-order valence-electron chi connectivity index (χ2n) is 5.07. The molecule has 0 amide bonds. The van der Waals surface area contributed by atoms with Crippen molar-refractivity contribution >= 4 is 0 Å². The van der Waals surface area contributed by atoms with Crippen LogP contribution >= 0.6 is 0 Å². The smallest absolute Gasteiger partial charge is 0.119 e. The Morgan fingerprint density at radius 2 is 1.94 bits per heavy atom. The van der Waals surface area contributed by atoms with Crippen molar-refractivity contribution in [3.8, 4) is 5.75 Å². The van der Waals surface area contributed by atoms with E-state index in [1.807, 2.05) is 31.2 Å². The number of rotatable bonds is 7. The summed E-state index contributed by atoms with van der Waals surface area (Å²) in [5.41, 5.74) is 0.825. The summed E-state index contributed by atoms with van der Waals surface area (Å²) >= 11 is 0. The number of methoxy groups -OCH3 is 1. The Hall–Kier alpha value is -1.06. The molecule has 1 N–H and O–H groups in total. The van der Waals surface area contributed by atoms with Gasteiger partial charge in [-0.15, -0.1) is 0 Å². The van der Waals surface area contributed by atoms with Crippen molar-refractivity contribution in [2.45, 2.75) is 39.4 Å². The average Bonchev–Trinajstić information content (AvgIpc) is 2.35. The highest BCUT2D eigenvalue weighted by molar-refractivity contribution is 5.29. The molecule has 102 valence electrons. The van der Waals surface area contributed by atoms with E-state index >= 15 is 0 Å². The molecule has 0 fully saturated rings. The third-order valence-electron chi connectivity index (χ3n) is 2.82. The van der Waals surface area contributed by atoms with Crippen LogP contribution in [-0.4, -0.2) is 24.9 Å². The summed E-state index contributed by atoms with van der Waals surface area (Å²) in [6.07, 6.45) is 0.574. The monoisotopic (exact) mass is 252 g/mol. The van der Waals surface area contributed by atoms with E-state index in [1.54, 1.807) is 7.11 Å². The molecule has 0 aliphatic rings. The van der Waals surface area contributed by atoms with E-state index in [2.05, 4.69) is 13.8 Å². The first-order valence-corrected chi connectivity index (χ1v) is 6.46. The van der Waals surface area contributed by atoms with Crippen LogP contribution in [0.3, 0.4) is 0 Å². The minimum atomic E-state index is -0.602. The topological polar surface area (TPSA) is 38.7 Å². The van der Waals surface area contributed by atoms with Gasteiger partial charge in [0.2, 0.25) is 0 Å². The quantitative estimate of drug-likeness (QED) is 0.810. The summed E-state index contributed by atoms with van der Waals surface area (Å²) in [7, 11) is 1.62. The Bertz CT molecular complexity index is 349. The number of hydrogen-bond donors (Lipinski definition) is 1. The van der Waals surface area contributed by atoms with Gasteiger partial charge in [-0.3, -0.25) is 0 Å². The minimum absolute atomic E-state index is 0.172. The molecule has 0 spiro atoms. The molecule has 3 heteroatoms. The van der Waals surface area contributed by atoms with Crippen molar-refractivity contribution in [1.29, 1.82) is 0 Å². The van der Waals surface area contributed by atoms with E-state index in [9.17, 15) is 5.11 Å². The lowest BCUT2D eigenvalue weighted by Gasteiger charge is -2.18. The molecule has 0 saturated carbocycles. The largest absolute Gasteiger partial charge is 0.497 e. The van der Waals surface area contributed by atoms with Crippen LogP contribution in [0.15, 0.2) is 24.3 Å². The summed E-state index contributed by atoms with van der Waals surface area (Å²) in [5, 5.41) is 10.0. The van der Waals surface area contributed by atoms with E-state index in [0.29, 0.717) is 12.5 Å². The molecule has 18 heavy (non-hydrogen) atoms. The fourth-order valence-electron chi connectivity index (χ4n) is 1.93. The minimum Gasteiger partial charge on any atom is -0.497 e. The number of hydrogen-bond acceptors (Lipinski definition) is 3. The van der Waals surface area contributed by atoms with Crippen molar-refractivity contribution in [2.75, 3.05) is 13.7 Å². The summed E-state index contributed by atoms with van der Waals surface area (Å²) < 4.78 is 10.8. The van der Waals surface area contributed by atoms with Gasteiger partial charge in [0.05, 0.1) is 19.8 Å². The highest BCUT2D eigenvalue weighted by Gasteiger charge is 2.12. The second-order valence-corrected chi connectivity index (χ2v) is 5.07. The SMILES string of the molecule is COc1cccc(C(O)COC(C)CC(C)C)c1. The van der Waals surface area contributed by atoms with Gasteiger partial charge in [-0.05, 0) is 37.0 Å². The van der Waals surface area contributed by atoms with Crippen LogP contribution in [0.4, 0.5) is 0 Å². The fourth-order valence-corrected chi connectivity index (χ4v) is 1.93. The number of aliphatic hydroxyl groups excluding tert-OH is 1. The van der Waals surface area contributed by atoms with Crippen LogP contribution in [-0.2, 0) is 4.74 Å². The van der Waals surface area contributed by atoms with Crippen molar-refractivity contribution in [3.05, 3.63) is 29.8 Å². The predicted molar refractivity (Wildman–Crippen MR) is 72.8 cm³/mol. The van der Waals surface area contributed by atoms with Gasteiger partial charge in [-0.25, -0.2) is 0 Å². The first-order chi connectivity index (χ1) is 8.52. The first kappa shape index (κ1) is 15.0. The van der Waals surface area contributed by atoms with Gasteiger partial charge in [-0.1, -0.05) is 26.0 Å². The van der Waals surface area contributed by atoms with E-state index in [1.165, 1.54) is 0 Å². The molecular weight excluding hydrogens is 228 g/mol. The van der Waals surface area contributed by atoms with Crippen molar-refractivity contribution in [2.24, 2.45) is 5.92 Å². The maximum Gasteiger partial charge on any atom is 0.119 e. The van der Waals surface area contributed by atoms with Gasteiger partial charge in [0.15, 0.2) is 0 Å². The number of ether oxygens (including phenoxy) is 2. The van der Waals surface area contributed by atoms with Gasteiger partial charge < -0.3 is 14.6 Å². The fraction of sp³-hybridized carbons (Fsp3) is 0.600. The molecule has 0 heterocycles. The Labute approximate surface area is 110 Å². The zero-order valence-corrected chi connectivity index (χ0v) is 11.7.